The molecule has 1 atom stereocenters. The highest BCUT2D eigenvalue weighted by molar-refractivity contribution is 5.46. The summed E-state index contributed by atoms with van der Waals surface area (Å²) in [6, 6.07) is 4.55. The molecule has 0 amide bonds. The molecular formula is C15H22O. The summed E-state index contributed by atoms with van der Waals surface area (Å²) in [6.07, 6.45) is 2.74. The normalized spacial score (nSPS) is 22.2. The molecule has 0 saturated carbocycles. The number of aliphatic hydroxyl groups excluding tert-OH is 1. The monoisotopic (exact) mass is 218 g/mol. The Morgan fingerprint density at radius 3 is 2.31 bits per heavy atom. The van der Waals surface area contributed by atoms with E-state index in [9.17, 15) is 5.11 Å². The first-order chi connectivity index (χ1) is 7.49. The molecule has 0 radical (unpaired) electrons. The van der Waals surface area contributed by atoms with Crippen LogP contribution in [0.1, 0.15) is 62.5 Å². The number of fused-ring (bicyclic) bond motifs is 1. The van der Waals surface area contributed by atoms with Gasteiger partial charge in [-0.15, -0.1) is 0 Å². The zero-order valence-corrected chi connectivity index (χ0v) is 10.8. The third-order valence-electron chi connectivity index (χ3n) is 3.93. The van der Waals surface area contributed by atoms with Gasteiger partial charge >= 0.3 is 0 Å². The molecule has 2 rings (SSSR count). The summed E-state index contributed by atoms with van der Waals surface area (Å²) in [5, 5.41) is 10.1. The van der Waals surface area contributed by atoms with Crippen LogP contribution in [0.4, 0.5) is 0 Å². The smallest absolute Gasteiger partial charge is 0.0801 e. The second-order valence-electron chi connectivity index (χ2n) is 5.52. The molecule has 1 unspecified atom stereocenters. The Morgan fingerprint density at radius 2 is 1.75 bits per heavy atom. The lowest BCUT2D eigenvalue weighted by atomic mass is 9.84. The predicted octanol–water partition coefficient (Wildman–Crippen LogP) is 3.53. The predicted molar refractivity (Wildman–Crippen MR) is 67.8 cm³/mol. The van der Waals surface area contributed by atoms with E-state index in [0.717, 1.165) is 19.3 Å². The second-order valence-corrected chi connectivity index (χ2v) is 5.52. The molecule has 1 aromatic carbocycles. The van der Waals surface area contributed by atoms with Gasteiger partial charge in [0.1, 0.15) is 0 Å². The van der Waals surface area contributed by atoms with Gasteiger partial charge in [-0.25, -0.2) is 0 Å². The largest absolute Gasteiger partial charge is 0.388 e. The van der Waals surface area contributed by atoms with E-state index in [-0.39, 0.29) is 11.5 Å². The Hall–Kier alpha value is -0.820. The van der Waals surface area contributed by atoms with Gasteiger partial charge in [-0.1, -0.05) is 39.8 Å². The fourth-order valence-corrected chi connectivity index (χ4v) is 2.93. The van der Waals surface area contributed by atoms with Gasteiger partial charge in [-0.2, -0.15) is 0 Å². The van der Waals surface area contributed by atoms with Crippen molar-refractivity contribution >= 4 is 0 Å². The summed E-state index contributed by atoms with van der Waals surface area (Å²) in [7, 11) is 0. The van der Waals surface area contributed by atoms with E-state index in [2.05, 4.69) is 39.8 Å². The zero-order chi connectivity index (χ0) is 11.9. The third-order valence-corrected chi connectivity index (χ3v) is 3.93. The molecular weight excluding hydrogens is 196 g/mol. The molecule has 1 aromatic rings. The molecule has 1 N–H and O–H groups in total. The minimum absolute atomic E-state index is 0.130. The van der Waals surface area contributed by atoms with Crippen molar-refractivity contribution in [3.63, 3.8) is 0 Å². The molecule has 0 aromatic heterocycles. The van der Waals surface area contributed by atoms with Gasteiger partial charge in [0.05, 0.1) is 6.10 Å². The second kappa shape index (κ2) is 3.89. The lowest BCUT2D eigenvalue weighted by Gasteiger charge is -2.20. The summed E-state index contributed by atoms with van der Waals surface area (Å²) < 4.78 is 0. The van der Waals surface area contributed by atoms with E-state index in [1.165, 1.54) is 22.3 Å². The quantitative estimate of drug-likeness (QED) is 0.805. The maximum absolute atomic E-state index is 10.1. The van der Waals surface area contributed by atoms with Crippen molar-refractivity contribution in [2.75, 3.05) is 0 Å². The van der Waals surface area contributed by atoms with Gasteiger partial charge < -0.3 is 5.11 Å². The SMILES string of the molecule is CCc1cc2c(cc1CC)C(C)(C)CC2O. The molecule has 0 saturated heterocycles. The molecule has 0 bridgehead atoms. The Labute approximate surface area is 98.5 Å². The van der Waals surface area contributed by atoms with Crippen molar-refractivity contribution in [1.29, 1.82) is 0 Å². The summed E-state index contributed by atoms with van der Waals surface area (Å²) in [5.74, 6) is 0. The Morgan fingerprint density at radius 1 is 1.19 bits per heavy atom. The number of aliphatic hydroxyl groups is 1. The van der Waals surface area contributed by atoms with Crippen molar-refractivity contribution in [2.24, 2.45) is 0 Å². The first-order valence-corrected chi connectivity index (χ1v) is 6.33. The molecule has 1 nitrogen and oxygen atoms in total. The molecule has 1 aliphatic carbocycles. The van der Waals surface area contributed by atoms with Crippen LogP contribution in [0.5, 0.6) is 0 Å². The number of hydrogen-bond donors (Lipinski definition) is 1. The fraction of sp³-hybridized carbons (Fsp3) is 0.600. The number of benzene rings is 1. The summed E-state index contributed by atoms with van der Waals surface area (Å²) in [6.45, 7) is 8.85. The maximum atomic E-state index is 10.1. The summed E-state index contributed by atoms with van der Waals surface area (Å²) in [5.41, 5.74) is 5.50. The highest BCUT2D eigenvalue weighted by Crippen LogP contribution is 2.45. The van der Waals surface area contributed by atoms with Gasteiger partial charge in [0.15, 0.2) is 0 Å². The van der Waals surface area contributed by atoms with Crippen LogP contribution in [0.2, 0.25) is 0 Å². The Bertz CT molecular complexity index is 404. The number of aryl methyl sites for hydroxylation is 2. The molecule has 16 heavy (non-hydrogen) atoms. The van der Waals surface area contributed by atoms with Gasteiger partial charge in [0.25, 0.3) is 0 Å². The van der Waals surface area contributed by atoms with Gasteiger partial charge in [0.2, 0.25) is 0 Å². The van der Waals surface area contributed by atoms with Crippen molar-refractivity contribution in [2.45, 2.75) is 58.5 Å². The van der Waals surface area contributed by atoms with Crippen LogP contribution >= 0.6 is 0 Å². The van der Waals surface area contributed by atoms with Gasteiger partial charge in [-0.05, 0) is 46.9 Å². The van der Waals surface area contributed by atoms with Crippen molar-refractivity contribution < 1.29 is 5.11 Å². The highest BCUT2D eigenvalue weighted by Gasteiger charge is 2.36. The number of hydrogen-bond acceptors (Lipinski definition) is 1. The van der Waals surface area contributed by atoms with E-state index in [4.69, 9.17) is 0 Å². The van der Waals surface area contributed by atoms with Crippen molar-refractivity contribution in [1.82, 2.24) is 0 Å². The van der Waals surface area contributed by atoms with E-state index in [1.54, 1.807) is 0 Å². The zero-order valence-electron chi connectivity index (χ0n) is 10.8. The first-order valence-electron chi connectivity index (χ1n) is 6.33. The molecule has 1 aliphatic rings. The number of rotatable bonds is 2. The third kappa shape index (κ3) is 1.67. The van der Waals surface area contributed by atoms with Gasteiger partial charge in [-0.3, -0.25) is 0 Å². The van der Waals surface area contributed by atoms with Crippen molar-refractivity contribution in [3.05, 3.63) is 34.4 Å². The average molecular weight is 218 g/mol. The lowest BCUT2D eigenvalue weighted by molar-refractivity contribution is 0.161. The standard InChI is InChI=1S/C15H22O/c1-5-10-7-12-13(8-11(10)6-2)15(3,4)9-14(12)16/h7-8,14,16H,5-6,9H2,1-4H3. The average Bonchev–Trinajstić information content (AvgIpc) is 2.47. The molecule has 0 fully saturated rings. The van der Waals surface area contributed by atoms with Crippen LogP contribution in [0.25, 0.3) is 0 Å². The molecule has 0 aliphatic heterocycles. The van der Waals surface area contributed by atoms with Crippen LogP contribution in [0, 0.1) is 0 Å². The van der Waals surface area contributed by atoms with Crippen molar-refractivity contribution in [3.8, 4) is 0 Å². The van der Waals surface area contributed by atoms with E-state index >= 15 is 0 Å². The highest BCUT2D eigenvalue weighted by atomic mass is 16.3. The van der Waals surface area contributed by atoms with Crippen LogP contribution in [0.3, 0.4) is 0 Å². The lowest BCUT2D eigenvalue weighted by Crippen LogP contribution is -2.13. The topological polar surface area (TPSA) is 20.2 Å². The molecule has 0 spiro atoms. The summed E-state index contributed by atoms with van der Waals surface area (Å²) in [4.78, 5) is 0. The van der Waals surface area contributed by atoms with E-state index < -0.39 is 0 Å². The minimum Gasteiger partial charge on any atom is -0.388 e. The fourth-order valence-electron chi connectivity index (χ4n) is 2.93. The molecule has 1 heteroatoms. The Balaban J connectivity index is 2.59. The van der Waals surface area contributed by atoms with Crippen LogP contribution in [-0.4, -0.2) is 5.11 Å². The molecule has 88 valence electrons. The van der Waals surface area contributed by atoms with E-state index in [0.29, 0.717) is 0 Å². The minimum atomic E-state index is -0.263. The summed E-state index contributed by atoms with van der Waals surface area (Å²) >= 11 is 0. The van der Waals surface area contributed by atoms with Gasteiger partial charge in [0, 0.05) is 0 Å². The van der Waals surface area contributed by atoms with Crippen LogP contribution < -0.4 is 0 Å². The Kier molecular flexibility index (Phi) is 2.83. The first kappa shape index (κ1) is 11.7. The van der Waals surface area contributed by atoms with Crippen LogP contribution in [0.15, 0.2) is 12.1 Å². The van der Waals surface area contributed by atoms with E-state index in [1.807, 2.05) is 0 Å². The van der Waals surface area contributed by atoms with Crippen LogP contribution in [-0.2, 0) is 18.3 Å². The maximum Gasteiger partial charge on any atom is 0.0801 e. The molecule has 0 heterocycles.